The van der Waals surface area contributed by atoms with E-state index in [2.05, 4.69) is 15.4 Å². The van der Waals surface area contributed by atoms with E-state index in [1.165, 1.54) is 0 Å². The molecule has 50 valence electrons. The number of rotatable bonds is 0. The molecule has 0 saturated carbocycles. The van der Waals surface area contributed by atoms with Crippen molar-refractivity contribution in [2.24, 2.45) is 7.05 Å². The van der Waals surface area contributed by atoms with E-state index in [0.29, 0.717) is 0 Å². The monoisotopic (exact) mass is 134 g/mol. The van der Waals surface area contributed by atoms with Crippen LogP contribution in [0, 0.1) is 0 Å². The highest BCUT2D eigenvalue weighted by Crippen LogP contribution is 2.06. The van der Waals surface area contributed by atoms with Crippen molar-refractivity contribution in [3.63, 3.8) is 0 Å². The molecule has 0 amide bonds. The van der Waals surface area contributed by atoms with E-state index in [1.807, 2.05) is 23.9 Å². The molecule has 0 aromatic carbocycles. The standard InChI is InChI=1S/C6H6N4/c1-10-3-2-5-6(10)4-7-9-8-5/h2-4H,1H3. The number of aryl methyl sites for hydroxylation is 1. The van der Waals surface area contributed by atoms with Gasteiger partial charge in [-0.1, -0.05) is 0 Å². The smallest absolute Gasteiger partial charge is 0.114 e. The number of hydrogen-bond acceptors (Lipinski definition) is 3. The Morgan fingerprint density at radius 2 is 2.40 bits per heavy atom. The SMILES string of the molecule is Cn1ccc2nnncc21. The largest absolute Gasteiger partial charge is 0.348 e. The first-order valence-corrected chi connectivity index (χ1v) is 2.97. The fourth-order valence-corrected chi connectivity index (χ4v) is 0.925. The van der Waals surface area contributed by atoms with E-state index < -0.39 is 0 Å². The Morgan fingerprint density at radius 1 is 1.50 bits per heavy atom. The van der Waals surface area contributed by atoms with Crippen LogP contribution in [0.25, 0.3) is 11.0 Å². The summed E-state index contributed by atoms with van der Waals surface area (Å²) in [5, 5.41) is 11.0. The highest BCUT2D eigenvalue weighted by atomic mass is 15.3. The van der Waals surface area contributed by atoms with Gasteiger partial charge < -0.3 is 4.57 Å². The third kappa shape index (κ3) is 0.586. The molecule has 4 heteroatoms. The van der Waals surface area contributed by atoms with Gasteiger partial charge >= 0.3 is 0 Å². The summed E-state index contributed by atoms with van der Waals surface area (Å²) in [7, 11) is 1.95. The van der Waals surface area contributed by atoms with Crippen molar-refractivity contribution >= 4 is 11.0 Å². The predicted molar refractivity (Wildman–Crippen MR) is 36.3 cm³/mol. The summed E-state index contributed by atoms with van der Waals surface area (Å²) in [5.41, 5.74) is 1.90. The van der Waals surface area contributed by atoms with Gasteiger partial charge in [0, 0.05) is 13.2 Å². The Morgan fingerprint density at radius 3 is 3.20 bits per heavy atom. The third-order valence-electron chi connectivity index (χ3n) is 1.48. The van der Waals surface area contributed by atoms with Crippen molar-refractivity contribution in [1.82, 2.24) is 20.0 Å². The van der Waals surface area contributed by atoms with Crippen molar-refractivity contribution in [3.8, 4) is 0 Å². The topological polar surface area (TPSA) is 43.6 Å². The van der Waals surface area contributed by atoms with Crippen LogP contribution in [-0.4, -0.2) is 20.0 Å². The zero-order chi connectivity index (χ0) is 6.97. The number of aromatic nitrogens is 4. The van der Waals surface area contributed by atoms with Crippen LogP contribution in [0.15, 0.2) is 18.5 Å². The van der Waals surface area contributed by atoms with Crippen LogP contribution < -0.4 is 0 Å². The lowest BCUT2D eigenvalue weighted by Gasteiger charge is -1.89. The van der Waals surface area contributed by atoms with Crippen LogP contribution in [-0.2, 0) is 7.05 Å². The fourth-order valence-electron chi connectivity index (χ4n) is 0.925. The van der Waals surface area contributed by atoms with E-state index in [1.54, 1.807) is 6.20 Å². The highest BCUT2D eigenvalue weighted by Gasteiger charge is 1.96. The Kier molecular flexibility index (Phi) is 0.943. The van der Waals surface area contributed by atoms with E-state index in [9.17, 15) is 0 Å². The van der Waals surface area contributed by atoms with Crippen LogP contribution in [0.1, 0.15) is 0 Å². The Balaban J connectivity index is 2.93. The normalized spacial score (nSPS) is 10.5. The summed E-state index contributed by atoms with van der Waals surface area (Å²) < 4.78 is 1.96. The van der Waals surface area contributed by atoms with Crippen molar-refractivity contribution in [2.45, 2.75) is 0 Å². The minimum absolute atomic E-state index is 0.887. The van der Waals surface area contributed by atoms with Gasteiger partial charge in [-0.2, -0.15) is 0 Å². The zero-order valence-electron chi connectivity index (χ0n) is 5.52. The molecule has 2 heterocycles. The van der Waals surface area contributed by atoms with Gasteiger partial charge in [0.2, 0.25) is 0 Å². The van der Waals surface area contributed by atoms with Crippen molar-refractivity contribution in [3.05, 3.63) is 18.5 Å². The van der Waals surface area contributed by atoms with Crippen molar-refractivity contribution in [2.75, 3.05) is 0 Å². The molecular weight excluding hydrogens is 128 g/mol. The molecular formula is C6H6N4. The summed E-state index contributed by atoms with van der Waals surface area (Å²) in [6.45, 7) is 0. The van der Waals surface area contributed by atoms with Gasteiger partial charge in [-0.3, -0.25) is 0 Å². The molecule has 0 spiro atoms. The van der Waals surface area contributed by atoms with Gasteiger partial charge in [0.25, 0.3) is 0 Å². The molecule has 0 aliphatic heterocycles. The van der Waals surface area contributed by atoms with E-state index in [-0.39, 0.29) is 0 Å². The van der Waals surface area contributed by atoms with Crippen LogP contribution in [0.4, 0.5) is 0 Å². The molecule has 0 bridgehead atoms. The molecule has 0 saturated heterocycles. The Hall–Kier alpha value is -1.45. The van der Waals surface area contributed by atoms with E-state index >= 15 is 0 Å². The second kappa shape index (κ2) is 1.76. The lowest BCUT2D eigenvalue weighted by molar-refractivity contribution is 0.880. The van der Waals surface area contributed by atoms with E-state index in [0.717, 1.165) is 11.0 Å². The van der Waals surface area contributed by atoms with Gasteiger partial charge in [-0.05, 0) is 11.3 Å². The summed E-state index contributed by atoms with van der Waals surface area (Å²) in [6, 6.07) is 1.91. The molecule has 0 aliphatic carbocycles. The first-order valence-electron chi connectivity index (χ1n) is 2.97. The summed E-state index contributed by atoms with van der Waals surface area (Å²) in [6.07, 6.45) is 3.63. The lowest BCUT2D eigenvalue weighted by Crippen LogP contribution is -1.88. The average molecular weight is 134 g/mol. The molecule has 0 atom stereocenters. The minimum Gasteiger partial charge on any atom is -0.348 e. The van der Waals surface area contributed by atoms with Crippen LogP contribution in [0.5, 0.6) is 0 Å². The summed E-state index contributed by atoms with van der Waals surface area (Å²) >= 11 is 0. The molecule has 0 aliphatic rings. The average Bonchev–Trinajstić information content (AvgIpc) is 2.34. The maximum atomic E-state index is 3.82. The van der Waals surface area contributed by atoms with Gasteiger partial charge in [0.05, 0.1) is 11.7 Å². The minimum atomic E-state index is 0.887. The summed E-state index contributed by atoms with van der Waals surface area (Å²) in [4.78, 5) is 0. The van der Waals surface area contributed by atoms with Gasteiger partial charge in [0.15, 0.2) is 0 Å². The van der Waals surface area contributed by atoms with Gasteiger partial charge in [-0.15, -0.1) is 10.2 Å². The van der Waals surface area contributed by atoms with E-state index in [4.69, 9.17) is 0 Å². The predicted octanol–water partition coefficient (Wildman–Crippen LogP) is 0.363. The number of nitrogens with zero attached hydrogens (tertiary/aromatic N) is 4. The Labute approximate surface area is 57.5 Å². The second-order valence-electron chi connectivity index (χ2n) is 2.13. The maximum Gasteiger partial charge on any atom is 0.114 e. The fraction of sp³-hybridized carbons (Fsp3) is 0.167. The quantitative estimate of drug-likeness (QED) is 0.522. The molecule has 0 unspecified atom stereocenters. The first-order chi connectivity index (χ1) is 4.88. The van der Waals surface area contributed by atoms with Gasteiger partial charge in [0.1, 0.15) is 5.52 Å². The van der Waals surface area contributed by atoms with Crippen molar-refractivity contribution in [1.29, 1.82) is 0 Å². The molecule has 2 aromatic heterocycles. The molecule has 0 fully saturated rings. The molecule has 2 aromatic rings. The molecule has 0 N–H and O–H groups in total. The first kappa shape index (κ1) is 5.34. The highest BCUT2D eigenvalue weighted by molar-refractivity contribution is 5.73. The summed E-state index contributed by atoms with van der Waals surface area (Å²) in [5.74, 6) is 0. The Bertz CT molecular complexity index is 351. The maximum absolute atomic E-state index is 3.82. The molecule has 0 radical (unpaired) electrons. The number of hydrogen-bond donors (Lipinski definition) is 0. The van der Waals surface area contributed by atoms with Gasteiger partial charge in [-0.25, -0.2) is 0 Å². The van der Waals surface area contributed by atoms with Crippen LogP contribution >= 0.6 is 0 Å². The lowest BCUT2D eigenvalue weighted by atomic mass is 10.5. The van der Waals surface area contributed by atoms with Crippen LogP contribution in [0.3, 0.4) is 0 Å². The van der Waals surface area contributed by atoms with Crippen molar-refractivity contribution < 1.29 is 0 Å². The zero-order valence-corrected chi connectivity index (χ0v) is 5.52. The van der Waals surface area contributed by atoms with Crippen LogP contribution in [0.2, 0.25) is 0 Å². The number of fused-ring (bicyclic) bond motifs is 1. The molecule has 10 heavy (non-hydrogen) atoms. The molecule has 2 rings (SSSR count). The third-order valence-corrected chi connectivity index (χ3v) is 1.48. The second-order valence-corrected chi connectivity index (χ2v) is 2.13. The molecule has 4 nitrogen and oxygen atoms in total.